The third-order valence-corrected chi connectivity index (χ3v) is 5.01. The first-order chi connectivity index (χ1) is 13.3. The van der Waals surface area contributed by atoms with Crippen molar-refractivity contribution in [3.8, 4) is 0 Å². The summed E-state index contributed by atoms with van der Waals surface area (Å²) in [5, 5.41) is 3.07. The molecule has 0 bridgehead atoms. The van der Waals surface area contributed by atoms with E-state index >= 15 is 0 Å². The summed E-state index contributed by atoms with van der Waals surface area (Å²) < 4.78 is 46.4. The lowest BCUT2D eigenvalue weighted by molar-refractivity contribution is -0.141. The molecule has 0 spiro atoms. The fourth-order valence-electron chi connectivity index (χ4n) is 3.84. The van der Waals surface area contributed by atoms with Gasteiger partial charge in [-0.05, 0) is 37.8 Å². The molecule has 0 amide bonds. The molecular formula is C21H22F3NO3. The summed E-state index contributed by atoms with van der Waals surface area (Å²) in [6, 6.07) is 5.11. The molecule has 1 aliphatic carbocycles. The van der Waals surface area contributed by atoms with Crippen LogP contribution in [0.3, 0.4) is 0 Å². The zero-order valence-electron chi connectivity index (χ0n) is 15.8. The highest BCUT2D eigenvalue weighted by atomic mass is 19.4. The number of halogens is 3. The summed E-state index contributed by atoms with van der Waals surface area (Å²) in [4.78, 5) is 25.5. The molecule has 1 aromatic carbocycles. The lowest BCUT2D eigenvalue weighted by Gasteiger charge is -2.35. The minimum atomic E-state index is -4.60. The lowest BCUT2D eigenvalue weighted by Crippen LogP contribution is -2.35. The number of carbonyl (C=O) groups excluding carboxylic acids is 2. The van der Waals surface area contributed by atoms with Crippen molar-refractivity contribution in [2.45, 2.75) is 51.6 Å². The highest BCUT2D eigenvalue weighted by molar-refractivity contribution is 6.03. The number of alkyl halides is 3. The molecule has 1 atom stereocenters. The Morgan fingerprint density at radius 1 is 1.25 bits per heavy atom. The topological polar surface area (TPSA) is 55.4 Å². The monoisotopic (exact) mass is 393 g/mol. The number of benzene rings is 1. The van der Waals surface area contributed by atoms with Gasteiger partial charge < -0.3 is 10.1 Å². The van der Waals surface area contributed by atoms with Crippen molar-refractivity contribution in [1.82, 2.24) is 5.32 Å². The van der Waals surface area contributed by atoms with Gasteiger partial charge in [0.1, 0.15) is 0 Å². The van der Waals surface area contributed by atoms with Crippen LogP contribution in [0.1, 0.15) is 56.6 Å². The molecule has 1 aliphatic heterocycles. The van der Waals surface area contributed by atoms with E-state index < -0.39 is 23.6 Å². The summed E-state index contributed by atoms with van der Waals surface area (Å²) in [7, 11) is 0. The average Bonchev–Trinajstić information content (AvgIpc) is 2.64. The van der Waals surface area contributed by atoms with Crippen molar-refractivity contribution in [1.29, 1.82) is 0 Å². The molecule has 0 saturated carbocycles. The summed E-state index contributed by atoms with van der Waals surface area (Å²) in [5.41, 5.74) is 0.401. The molecule has 1 N–H and O–H groups in total. The second kappa shape index (κ2) is 7.81. The van der Waals surface area contributed by atoms with Crippen LogP contribution in [0.5, 0.6) is 0 Å². The molecule has 1 heterocycles. The third-order valence-electron chi connectivity index (χ3n) is 5.01. The smallest absolute Gasteiger partial charge is 0.416 e. The van der Waals surface area contributed by atoms with Crippen LogP contribution in [0.2, 0.25) is 0 Å². The van der Waals surface area contributed by atoms with Crippen LogP contribution >= 0.6 is 0 Å². The number of Topliss-reactive ketones (excluding diaryl/α,β-unsaturated/α-hetero) is 1. The Kier molecular flexibility index (Phi) is 5.63. The molecule has 0 saturated heterocycles. The molecule has 0 aromatic heterocycles. The van der Waals surface area contributed by atoms with Crippen molar-refractivity contribution in [3.05, 3.63) is 57.9 Å². The fraction of sp³-hybridized carbons (Fsp3) is 0.429. The Morgan fingerprint density at radius 3 is 2.64 bits per heavy atom. The van der Waals surface area contributed by atoms with Gasteiger partial charge in [-0.25, -0.2) is 4.79 Å². The van der Waals surface area contributed by atoms with Crippen LogP contribution < -0.4 is 5.32 Å². The molecule has 0 radical (unpaired) electrons. The van der Waals surface area contributed by atoms with Gasteiger partial charge in [0.15, 0.2) is 5.78 Å². The number of nitrogens with one attached hydrogen (secondary N) is 1. The second-order valence-corrected chi connectivity index (χ2v) is 6.99. The quantitative estimate of drug-likeness (QED) is 0.758. The van der Waals surface area contributed by atoms with E-state index in [0.717, 1.165) is 6.07 Å². The van der Waals surface area contributed by atoms with Crippen molar-refractivity contribution >= 4 is 11.8 Å². The summed E-state index contributed by atoms with van der Waals surface area (Å²) in [6.07, 6.45) is -2.59. The molecule has 4 nitrogen and oxygen atoms in total. The number of rotatable bonds is 4. The lowest BCUT2D eigenvalue weighted by atomic mass is 9.74. The van der Waals surface area contributed by atoms with Crippen molar-refractivity contribution in [2.75, 3.05) is 6.61 Å². The zero-order valence-corrected chi connectivity index (χ0v) is 15.8. The zero-order chi connectivity index (χ0) is 20.5. The molecule has 0 fully saturated rings. The van der Waals surface area contributed by atoms with Crippen LogP contribution in [0.15, 0.2) is 46.8 Å². The summed E-state index contributed by atoms with van der Waals surface area (Å²) in [5.74, 6) is -2.02. The largest absolute Gasteiger partial charge is 0.462 e. The summed E-state index contributed by atoms with van der Waals surface area (Å²) >= 11 is 0. The van der Waals surface area contributed by atoms with Gasteiger partial charge in [0.25, 0.3) is 0 Å². The van der Waals surface area contributed by atoms with Gasteiger partial charge >= 0.3 is 12.1 Å². The Balaban J connectivity index is 2.22. The Morgan fingerprint density at radius 2 is 1.96 bits per heavy atom. The van der Waals surface area contributed by atoms with Crippen LogP contribution in [0, 0.1) is 0 Å². The number of hydrogen-bond acceptors (Lipinski definition) is 4. The number of hydrogen-bond donors (Lipinski definition) is 1. The summed E-state index contributed by atoms with van der Waals surface area (Å²) in [6.45, 7) is 3.62. The van der Waals surface area contributed by atoms with E-state index in [1.807, 2.05) is 6.92 Å². The van der Waals surface area contributed by atoms with Gasteiger partial charge in [-0.2, -0.15) is 13.2 Å². The maximum absolute atomic E-state index is 13.7. The van der Waals surface area contributed by atoms with E-state index in [0.29, 0.717) is 30.7 Å². The Bertz CT molecular complexity index is 868. The number of esters is 1. The van der Waals surface area contributed by atoms with Crippen molar-refractivity contribution in [2.24, 2.45) is 0 Å². The van der Waals surface area contributed by atoms with Crippen molar-refractivity contribution < 1.29 is 27.5 Å². The fourth-order valence-corrected chi connectivity index (χ4v) is 3.84. The van der Waals surface area contributed by atoms with Gasteiger partial charge in [0.05, 0.1) is 17.7 Å². The maximum Gasteiger partial charge on any atom is 0.416 e. The van der Waals surface area contributed by atoms with Gasteiger partial charge in [-0.15, -0.1) is 0 Å². The third kappa shape index (κ3) is 3.70. The normalized spacial score (nSPS) is 20.0. The van der Waals surface area contributed by atoms with Crippen LogP contribution in [0.25, 0.3) is 0 Å². The van der Waals surface area contributed by atoms with Crippen LogP contribution in [0.4, 0.5) is 13.2 Å². The van der Waals surface area contributed by atoms with Crippen molar-refractivity contribution in [3.63, 3.8) is 0 Å². The standard InChI is InChI=1S/C21H22F3NO3/c1-3-11-28-20(27)17-12(2)25-15-9-6-10-16(26)19(15)18(17)13-7-4-5-8-14(13)21(22,23)24/h4-5,7-8,18,25H,3,6,9-11H2,1-2H3. The van der Waals surface area contributed by atoms with Crippen LogP contribution in [-0.2, 0) is 20.5 Å². The van der Waals surface area contributed by atoms with E-state index in [9.17, 15) is 22.8 Å². The van der Waals surface area contributed by atoms with Gasteiger partial charge in [0.2, 0.25) is 0 Å². The highest BCUT2D eigenvalue weighted by Crippen LogP contribution is 2.46. The molecule has 1 unspecified atom stereocenters. The molecule has 150 valence electrons. The predicted molar refractivity (Wildman–Crippen MR) is 97.2 cm³/mol. The molecule has 2 aliphatic rings. The molecular weight excluding hydrogens is 371 g/mol. The average molecular weight is 393 g/mol. The minimum Gasteiger partial charge on any atom is -0.462 e. The SMILES string of the molecule is CCCOC(=O)C1=C(C)NC2=C(C(=O)CCC2)C1c1ccccc1C(F)(F)F. The first-order valence-corrected chi connectivity index (χ1v) is 9.33. The first-order valence-electron chi connectivity index (χ1n) is 9.33. The molecule has 7 heteroatoms. The number of allylic oxidation sites excluding steroid dienone is 3. The molecule has 28 heavy (non-hydrogen) atoms. The van der Waals surface area contributed by atoms with E-state index in [-0.39, 0.29) is 35.5 Å². The van der Waals surface area contributed by atoms with Crippen LogP contribution in [-0.4, -0.2) is 18.4 Å². The van der Waals surface area contributed by atoms with Gasteiger partial charge in [-0.1, -0.05) is 25.1 Å². The van der Waals surface area contributed by atoms with E-state index in [2.05, 4.69) is 5.32 Å². The van der Waals surface area contributed by atoms with Gasteiger partial charge in [0, 0.05) is 29.3 Å². The number of dihydropyridines is 1. The Labute approximate surface area is 161 Å². The van der Waals surface area contributed by atoms with E-state index in [1.165, 1.54) is 18.2 Å². The number of ether oxygens (including phenoxy) is 1. The number of ketones is 1. The maximum atomic E-state index is 13.7. The molecule has 3 rings (SSSR count). The molecule has 1 aromatic rings. The second-order valence-electron chi connectivity index (χ2n) is 6.99. The number of carbonyl (C=O) groups is 2. The predicted octanol–water partition coefficient (Wildman–Crippen LogP) is 4.63. The Hall–Kier alpha value is -2.57. The first kappa shape index (κ1) is 20.2. The minimum absolute atomic E-state index is 0.0687. The highest BCUT2D eigenvalue weighted by Gasteiger charge is 2.43. The van der Waals surface area contributed by atoms with E-state index in [1.54, 1.807) is 6.92 Å². The van der Waals surface area contributed by atoms with E-state index in [4.69, 9.17) is 4.74 Å². The van der Waals surface area contributed by atoms with Gasteiger partial charge in [-0.3, -0.25) is 4.79 Å².